The smallest absolute Gasteiger partial charge is 0.410 e. The van der Waals surface area contributed by atoms with E-state index < -0.39 is 65.8 Å². The van der Waals surface area contributed by atoms with Crippen LogP contribution in [-0.2, 0) is 59.1 Å². The van der Waals surface area contributed by atoms with Gasteiger partial charge in [-0.1, -0.05) is 45.4 Å². The van der Waals surface area contributed by atoms with E-state index in [0.29, 0.717) is 30.5 Å². The van der Waals surface area contributed by atoms with Crippen LogP contribution in [0.3, 0.4) is 0 Å². The predicted molar refractivity (Wildman–Crippen MR) is 237 cm³/mol. The molecule has 4 rings (SSSR count). The molecule has 3 aliphatic rings. The highest BCUT2D eigenvalue weighted by Crippen LogP contribution is 2.29. The molecule has 0 bridgehead atoms. The van der Waals surface area contributed by atoms with Gasteiger partial charge in [0.15, 0.2) is 6.10 Å². The molecule has 6 atom stereocenters. The molecule has 1 aromatic rings. The maximum absolute atomic E-state index is 13.4. The number of imide groups is 1. The number of unbranched alkanes of at least 4 members (excludes halogenated alkanes) is 2. The number of anilines is 1. The van der Waals surface area contributed by atoms with Crippen LogP contribution < -0.4 is 16.0 Å². The Hall–Kier alpha value is -6.31. The number of amides is 7. The van der Waals surface area contributed by atoms with Crippen molar-refractivity contribution < 1.29 is 67.2 Å². The van der Waals surface area contributed by atoms with Crippen molar-refractivity contribution in [3.05, 3.63) is 54.1 Å². The lowest BCUT2D eigenvalue weighted by molar-refractivity contribution is -0.167. The summed E-state index contributed by atoms with van der Waals surface area (Å²) in [5.41, 5.74) is -0.298. The molecule has 1 aromatic carbocycles. The predicted octanol–water partition coefficient (Wildman–Crippen LogP) is 3.12. The lowest BCUT2D eigenvalue weighted by atomic mass is 9.89. The summed E-state index contributed by atoms with van der Waals surface area (Å²) in [6.45, 7) is 10.5. The van der Waals surface area contributed by atoms with E-state index in [4.69, 9.17) is 18.9 Å². The summed E-state index contributed by atoms with van der Waals surface area (Å²) in [4.78, 5) is 117. The molecule has 7 amide bonds. The number of rotatable bonds is 16. The Balaban J connectivity index is 1.19. The van der Waals surface area contributed by atoms with Crippen molar-refractivity contribution in [1.82, 2.24) is 25.3 Å². The zero-order valence-electron chi connectivity index (χ0n) is 38.6. The molecule has 1 saturated heterocycles. The van der Waals surface area contributed by atoms with Gasteiger partial charge in [0.2, 0.25) is 17.7 Å². The van der Waals surface area contributed by atoms with E-state index >= 15 is 0 Å². The Morgan fingerprint density at radius 2 is 1.50 bits per heavy atom. The maximum Gasteiger partial charge on any atom is 0.410 e. The Kier molecular flexibility index (Phi) is 19.7. The minimum Gasteiger partial charge on any atom is -0.465 e. The summed E-state index contributed by atoms with van der Waals surface area (Å²) in [6, 6.07) is 4.75. The van der Waals surface area contributed by atoms with Crippen LogP contribution in [0, 0.1) is 11.8 Å². The van der Waals surface area contributed by atoms with Crippen LogP contribution in [-0.4, -0.2) is 143 Å². The van der Waals surface area contributed by atoms with Gasteiger partial charge >= 0.3 is 24.1 Å². The second-order valence-electron chi connectivity index (χ2n) is 17.4. The van der Waals surface area contributed by atoms with Crippen LogP contribution in [0.15, 0.2) is 48.6 Å². The number of aliphatic hydroxyl groups is 1. The average Bonchev–Trinajstić information content (AvgIpc) is 3.59. The Morgan fingerprint density at radius 3 is 2.12 bits per heavy atom. The van der Waals surface area contributed by atoms with Crippen molar-refractivity contribution in [2.24, 2.45) is 11.8 Å². The van der Waals surface area contributed by atoms with E-state index in [1.54, 1.807) is 64.1 Å². The summed E-state index contributed by atoms with van der Waals surface area (Å²) < 4.78 is 22.3. The first-order valence-electron chi connectivity index (χ1n) is 22.4. The number of carbonyl (C=O) groups is 9. The zero-order valence-corrected chi connectivity index (χ0v) is 38.6. The number of cyclic esters (lactones) is 1. The molecule has 0 saturated carbocycles. The Morgan fingerprint density at radius 1 is 0.864 bits per heavy atom. The molecular weight excluding hydrogens is 861 g/mol. The third-order valence-electron chi connectivity index (χ3n) is 11.3. The lowest BCUT2D eigenvalue weighted by Gasteiger charge is -2.38. The Bertz CT molecular complexity index is 1960. The van der Waals surface area contributed by atoms with Crippen molar-refractivity contribution in [2.45, 2.75) is 123 Å². The molecule has 3 aliphatic heterocycles. The molecule has 362 valence electrons. The van der Waals surface area contributed by atoms with Crippen LogP contribution in [0.5, 0.6) is 0 Å². The number of esters is 2. The van der Waals surface area contributed by atoms with Gasteiger partial charge in [-0.2, -0.15) is 0 Å². The quantitative estimate of drug-likeness (QED) is 0.0611. The SMILES string of the molecule is CC(=O)O[C@]1(C)CCC(O)CC(=O)OC[C@@H](C)/C=C/[C@@H]1OC(=O)N1CCN(C(=O)OCc2ccc(NC(=O)[C@H](C)NC(=O)[C@@H](NC(=O)CCCCCN3C(=O)C=CC3=O)C(C)C)cc2)CC1. The molecule has 0 radical (unpaired) electrons. The number of piperazine rings is 1. The summed E-state index contributed by atoms with van der Waals surface area (Å²) in [5.74, 6) is -3.74. The lowest BCUT2D eigenvalue weighted by Crippen LogP contribution is -2.53. The molecule has 0 aromatic heterocycles. The van der Waals surface area contributed by atoms with Crippen LogP contribution in [0.4, 0.5) is 15.3 Å². The first-order valence-corrected chi connectivity index (χ1v) is 22.4. The number of nitrogens with zero attached hydrogens (tertiary/aromatic N) is 3. The van der Waals surface area contributed by atoms with E-state index in [-0.39, 0.29) is 101 Å². The fourth-order valence-corrected chi connectivity index (χ4v) is 7.28. The topological polar surface area (TPSA) is 257 Å². The second kappa shape index (κ2) is 24.8. The van der Waals surface area contributed by atoms with E-state index in [2.05, 4.69) is 16.0 Å². The molecule has 0 spiro atoms. The molecular formula is C46H64N6O14. The minimum atomic E-state index is -1.36. The average molecular weight is 925 g/mol. The molecule has 20 nitrogen and oxygen atoms in total. The second-order valence-corrected chi connectivity index (χ2v) is 17.4. The van der Waals surface area contributed by atoms with Gasteiger partial charge in [-0.15, -0.1) is 0 Å². The monoisotopic (exact) mass is 924 g/mol. The van der Waals surface area contributed by atoms with Gasteiger partial charge in [-0.25, -0.2) is 9.59 Å². The molecule has 20 heteroatoms. The molecule has 1 unspecified atom stereocenters. The van der Waals surface area contributed by atoms with Gasteiger partial charge in [-0.3, -0.25) is 38.5 Å². The number of nitrogens with one attached hydrogen (secondary N) is 3. The van der Waals surface area contributed by atoms with Gasteiger partial charge in [0.05, 0.1) is 19.1 Å². The maximum atomic E-state index is 13.4. The summed E-state index contributed by atoms with van der Waals surface area (Å²) in [6.07, 6.45) is 4.09. The van der Waals surface area contributed by atoms with E-state index in [1.807, 2.05) is 0 Å². The highest BCUT2D eigenvalue weighted by atomic mass is 16.6. The van der Waals surface area contributed by atoms with Crippen molar-refractivity contribution in [1.29, 1.82) is 0 Å². The van der Waals surface area contributed by atoms with Crippen molar-refractivity contribution >= 4 is 59.3 Å². The third kappa shape index (κ3) is 16.3. The number of aliphatic hydroxyl groups excluding tert-OH is 1. The van der Waals surface area contributed by atoms with Crippen molar-refractivity contribution in [2.75, 3.05) is 44.6 Å². The van der Waals surface area contributed by atoms with Gasteiger partial charge in [0.1, 0.15) is 24.3 Å². The summed E-state index contributed by atoms with van der Waals surface area (Å²) >= 11 is 0. The van der Waals surface area contributed by atoms with Gasteiger partial charge < -0.3 is 49.8 Å². The van der Waals surface area contributed by atoms with Crippen LogP contribution in [0.1, 0.15) is 92.1 Å². The Labute approximate surface area is 384 Å². The van der Waals surface area contributed by atoms with Gasteiger partial charge in [0.25, 0.3) is 11.8 Å². The number of hydrogen-bond donors (Lipinski definition) is 4. The number of carbonyl (C=O) groups excluding carboxylic acids is 9. The molecule has 0 aliphatic carbocycles. The first-order chi connectivity index (χ1) is 31.2. The summed E-state index contributed by atoms with van der Waals surface area (Å²) in [7, 11) is 0. The van der Waals surface area contributed by atoms with E-state index in [9.17, 15) is 48.3 Å². The van der Waals surface area contributed by atoms with Gasteiger partial charge in [0, 0.05) is 69.8 Å². The molecule has 66 heavy (non-hydrogen) atoms. The molecule has 4 N–H and O–H groups in total. The van der Waals surface area contributed by atoms with E-state index in [1.165, 1.54) is 35.8 Å². The minimum absolute atomic E-state index is 0.0439. The van der Waals surface area contributed by atoms with E-state index in [0.717, 1.165) is 4.90 Å². The third-order valence-corrected chi connectivity index (χ3v) is 11.3. The fourth-order valence-electron chi connectivity index (χ4n) is 7.28. The van der Waals surface area contributed by atoms with Gasteiger partial charge in [-0.05, 0) is 69.2 Å². The molecule has 3 heterocycles. The van der Waals surface area contributed by atoms with Crippen LogP contribution >= 0.6 is 0 Å². The van der Waals surface area contributed by atoms with Crippen LogP contribution in [0.2, 0.25) is 0 Å². The number of ether oxygens (including phenoxy) is 4. The normalized spacial score (nSPS) is 22.8. The highest BCUT2D eigenvalue weighted by Gasteiger charge is 2.41. The van der Waals surface area contributed by atoms with Crippen molar-refractivity contribution in [3.8, 4) is 0 Å². The molecule has 1 fully saturated rings. The number of hydrogen-bond acceptors (Lipinski definition) is 14. The zero-order chi connectivity index (χ0) is 48.6. The number of benzene rings is 1. The fraction of sp³-hybridized carbons (Fsp3) is 0.587. The van der Waals surface area contributed by atoms with Crippen LogP contribution in [0.25, 0.3) is 0 Å². The highest BCUT2D eigenvalue weighted by molar-refractivity contribution is 6.12. The standard InChI is InChI=1S/C46H64N6O14/c1-29(2)41(49-37(55)10-8-7-9-21-52-38(56)17-18-39(52)57)43(60)47-31(4)42(59)48-34-14-12-33(13-15-34)28-64-44(61)50-22-24-51(25-23-50)45(62)65-36-16-11-30(3)27-63-40(58)26-35(54)19-20-46(36,6)66-32(5)53/h11-18,29-31,35-36,41,54H,7-10,19-28H2,1-6H3,(H,47,60)(H,48,59)(H,49,55)/b16-11+/t30-,31-,35?,36-,41-,46+/m0/s1. The first kappa shape index (κ1) is 52.3. The van der Waals surface area contributed by atoms with Crippen molar-refractivity contribution in [3.63, 3.8) is 0 Å². The summed E-state index contributed by atoms with van der Waals surface area (Å²) in [5, 5.41) is 18.6. The largest absolute Gasteiger partial charge is 0.465 e.